The second-order valence-corrected chi connectivity index (χ2v) is 9.17. The Hall–Kier alpha value is -4.39. The number of ether oxygens (including phenoxy) is 1. The van der Waals surface area contributed by atoms with Gasteiger partial charge in [-0.05, 0) is 50.0 Å². The molecule has 0 radical (unpaired) electrons. The molecule has 188 valence electrons. The van der Waals surface area contributed by atoms with Crippen LogP contribution in [0.1, 0.15) is 43.3 Å². The highest BCUT2D eigenvalue weighted by Crippen LogP contribution is 2.27. The molecule has 10 nitrogen and oxygen atoms in total. The first kappa shape index (κ1) is 26.2. The lowest BCUT2D eigenvalue weighted by Crippen LogP contribution is -2.49. The fourth-order valence-corrected chi connectivity index (χ4v) is 3.99. The largest absolute Gasteiger partial charge is 0.451 e. The van der Waals surface area contributed by atoms with E-state index in [0.29, 0.717) is 22.1 Å². The fraction of sp³-hybridized carbons (Fsp3) is 0.346. The topological polar surface area (TPSA) is 134 Å². The maximum Gasteiger partial charge on any atom is 0.349 e. The first-order chi connectivity index (χ1) is 17.0. The molecule has 0 saturated carbocycles. The quantitative estimate of drug-likeness (QED) is 0.252. The van der Waals surface area contributed by atoms with Gasteiger partial charge in [-0.1, -0.05) is 44.2 Å². The molecular formula is C26H29N5O5. The lowest BCUT2D eigenvalue weighted by Gasteiger charge is -2.22. The van der Waals surface area contributed by atoms with E-state index >= 15 is 0 Å². The van der Waals surface area contributed by atoms with Crippen molar-refractivity contribution in [2.24, 2.45) is 5.92 Å². The van der Waals surface area contributed by atoms with Crippen LogP contribution in [0.3, 0.4) is 0 Å². The lowest BCUT2D eigenvalue weighted by atomic mass is 9.92. The summed E-state index contributed by atoms with van der Waals surface area (Å²) in [6.07, 6.45) is 1.42. The second kappa shape index (κ2) is 10.5. The number of carbonyl (C=O) groups is 4. The van der Waals surface area contributed by atoms with E-state index in [1.54, 1.807) is 36.4 Å². The second-order valence-electron chi connectivity index (χ2n) is 9.17. The standard InChI is InChI=1S/C26H29N5O5/c1-16(2)14-30-17(3)11-19(18(30)4)12-20(13-27)23(33)36-15-22(32)29-31-24(34)26(5,28-25(31)35)21-9-7-6-8-10-21/h6-12,16H,14-15H2,1-5H3,(H,28,35)(H,29,32)/b20-12-. The van der Waals surface area contributed by atoms with E-state index in [2.05, 4.69) is 29.2 Å². The van der Waals surface area contributed by atoms with Crippen molar-refractivity contribution in [2.75, 3.05) is 6.61 Å². The van der Waals surface area contributed by atoms with Gasteiger partial charge in [0.2, 0.25) is 0 Å². The van der Waals surface area contributed by atoms with Gasteiger partial charge in [0.05, 0.1) is 0 Å². The van der Waals surface area contributed by atoms with Gasteiger partial charge in [-0.3, -0.25) is 15.0 Å². The number of nitrogens with zero attached hydrogens (tertiary/aromatic N) is 3. The van der Waals surface area contributed by atoms with Crippen LogP contribution in [-0.4, -0.2) is 40.0 Å². The minimum atomic E-state index is -1.36. The van der Waals surface area contributed by atoms with E-state index in [1.165, 1.54) is 13.0 Å². The Bertz CT molecular complexity index is 1270. The van der Waals surface area contributed by atoms with Gasteiger partial charge in [-0.25, -0.2) is 9.59 Å². The molecule has 1 aromatic heterocycles. The Morgan fingerprint density at radius 3 is 2.50 bits per heavy atom. The average Bonchev–Trinajstić information content (AvgIpc) is 3.23. The Balaban J connectivity index is 1.64. The van der Waals surface area contributed by atoms with Gasteiger partial charge in [0, 0.05) is 17.9 Å². The van der Waals surface area contributed by atoms with Crippen LogP contribution < -0.4 is 10.7 Å². The number of nitriles is 1. The van der Waals surface area contributed by atoms with Gasteiger partial charge < -0.3 is 14.6 Å². The minimum Gasteiger partial charge on any atom is -0.451 e. The minimum absolute atomic E-state index is 0.278. The van der Waals surface area contributed by atoms with Crippen LogP contribution >= 0.6 is 0 Å². The van der Waals surface area contributed by atoms with Crippen molar-refractivity contribution >= 4 is 29.9 Å². The monoisotopic (exact) mass is 491 g/mol. The van der Waals surface area contributed by atoms with Gasteiger partial charge in [0.1, 0.15) is 17.2 Å². The number of aryl methyl sites for hydroxylation is 1. The third-order valence-electron chi connectivity index (χ3n) is 5.91. The molecule has 3 rings (SSSR count). The number of amides is 4. The van der Waals surface area contributed by atoms with E-state index < -0.39 is 36.0 Å². The predicted molar refractivity (Wildman–Crippen MR) is 131 cm³/mol. The van der Waals surface area contributed by atoms with Gasteiger partial charge in [-0.15, -0.1) is 0 Å². The Morgan fingerprint density at radius 1 is 1.22 bits per heavy atom. The van der Waals surface area contributed by atoms with Gasteiger partial charge in [0.15, 0.2) is 6.61 Å². The molecule has 2 aromatic rings. The van der Waals surface area contributed by atoms with Gasteiger partial charge in [0.25, 0.3) is 11.8 Å². The van der Waals surface area contributed by atoms with Crippen molar-refractivity contribution in [1.29, 1.82) is 5.26 Å². The van der Waals surface area contributed by atoms with E-state index in [9.17, 15) is 24.4 Å². The lowest BCUT2D eigenvalue weighted by molar-refractivity contribution is -0.147. The van der Waals surface area contributed by atoms with E-state index in [-0.39, 0.29) is 5.57 Å². The smallest absolute Gasteiger partial charge is 0.349 e. The molecule has 0 bridgehead atoms. The number of hydrogen-bond donors (Lipinski definition) is 2. The normalized spacial score (nSPS) is 17.7. The zero-order chi connectivity index (χ0) is 26.6. The van der Waals surface area contributed by atoms with Crippen molar-refractivity contribution in [3.05, 3.63) is 64.5 Å². The van der Waals surface area contributed by atoms with Crippen molar-refractivity contribution < 1.29 is 23.9 Å². The Morgan fingerprint density at radius 2 is 1.89 bits per heavy atom. The number of aromatic nitrogens is 1. The molecule has 1 saturated heterocycles. The number of esters is 1. The van der Waals surface area contributed by atoms with Crippen molar-refractivity contribution in [3.8, 4) is 6.07 Å². The number of urea groups is 1. The van der Waals surface area contributed by atoms with Crippen LogP contribution in [0.25, 0.3) is 6.08 Å². The molecule has 1 aromatic carbocycles. The fourth-order valence-electron chi connectivity index (χ4n) is 3.99. The molecule has 1 atom stereocenters. The van der Waals surface area contributed by atoms with Crippen LogP contribution in [0.2, 0.25) is 0 Å². The van der Waals surface area contributed by atoms with Crippen LogP contribution in [-0.2, 0) is 31.2 Å². The number of hydrogen-bond acceptors (Lipinski definition) is 6. The third-order valence-corrected chi connectivity index (χ3v) is 5.91. The summed E-state index contributed by atoms with van der Waals surface area (Å²) in [4.78, 5) is 50.0. The molecule has 36 heavy (non-hydrogen) atoms. The highest BCUT2D eigenvalue weighted by atomic mass is 16.5. The molecule has 1 unspecified atom stereocenters. The summed E-state index contributed by atoms with van der Waals surface area (Å²) in [6, 6.07) is 11.4. The highest BCUT2D eigenvalue weighted by Gasteiger charge is 2.50. The van der Waals surface area contributed by atoms with E-state index in [0.717, 1.165) is 17.9 Å². The molecule has 1 aliphatic rings. The summed E-state index contributed by atoms with van der Waals surface area (Å²) in [7, 11) is 0. The number of hydrazine groups is 1. The van der Waals surface area contributed by atoms with Crippen molar-refractivity contribution in [3.63, 3.8) is 0 Å². The molecule has 10 heteroatoms. The first-order valence-corrected chi connectivity index (χ1v) is 11.4. The zero-order valence-electron chi connectivity index (χ0n) is 20.9. The molecule has 0 spiro atoms. The van der Waals surface area contributed by atoms with Gasteiger partial charge >= 0.3 is 12.0 Å². The molecule has 1 fully saturated rings. The first-order valence-electron chi connectivity index (χ1n) is 11.4. The molecular weight excluding hydrogens is 462 g/mol. The number of carbonyl (C=O) groups excluding carboxylic acids is 4. The summed E-state index contributed by atoms with van der Waals surface area (Å²) in [6.45, 7) is 9.57. The zero-order valence-corrected chi connectivity index (χ0v) is 20.9. The molecule has 2 N–H and O–H groups in total. The highest BCUT2D eigenvalue weighted by molar-refractivity contribution is 6.08. The third kappa shape index (κ3) is 5.30. The van der Waals surface area contributed by atoms with Gasteiger partial charge in [-0.2, -0.15) is 10.3 Å². The SMILES string of the molecule is Cc1cc(/C=C(/C#N)C(=O)OCC(=O)NN2C(=O)NC(C)(c3ccccc3)C2=O)c(C)n1CC(C)C. The predicted octanol–water partition coefficient (Wildman–Crippen LogP) is 2.71. The molecule has 2 heterocycles. The van der Waals surface area contributed by atoms with Crippen molar-refractivity contribution in [2.45, 2.75) is 46.7 Å². The van der Waals surface area contributed by atoms with Crippen LogP contribution in [0.15, 0.2) is 42.0 Å². The maximum absolute atomic E-state index is 12.9. The Kier molecular flexibility index (Phi) is 7.63. The maximum atomic E-state index is 12.9. The van der Waals surface area contributed by atoms with Crippen LogP contribution in [0.4, 0.5) is 4.79 Å². The number of benzene rings is 1. The summed E-state index contributed by atoms with van der Waals surface area (Å²) in [5.41, 5.74) is 3.66. The van der Waals surface area contributed by atoms with Crippen LogP contribution in [0.5, 0.6) is 0 Å². The summed E-state index contributed by atoms with van der Waals surface area (Å²) in [5.74, 6) is -2.17. The van der Waals surface area contributed by atoms with Crippen molar-refractivity contribution in [1.82, 2.24) is 20.3 Å². The van der Waals surface area contributed by atoms with E-state index in [4.69, 9.17) is 4.74 Å². The van der Waals surface area contributed by atoms with E-state index in [1.807, 2.05) is 19.9 Å². The summed E-state index contributed by atoms with van der Waals surface area (Å²) < 4.78 is 7.07. The average molecular weight is 492 g/mol. The molecule has 4 amide bonds. The van der Waals surface area contributed by atoms with Crippen LogP contribution in [0, 0.1) is 31.1 Å². The molecule has 0 aliphatic carbocycles. The summed E-state index contributed by atoms with van der Waals surface area (Å²) in [5, 5.41) is 12.6. The number of imide groups is 1. The molecule has 1 aliphatic heterocycles. The summed E-state index contributed by atoms with van der Waals surface area (Å²) >= 11 is 0. The Labute approximate surface area is 209 Å². The number of rotatable bonds is 8. The number of nitrogens with one attached hydrogen (secondary N) is 2.